The molecule has 164 valence electrons. The van der Waals surface area contributed by atoms with Crippen LogP contribution in [0.3, 0.4) is 0 Å². The van der Waals surface area contributed by atoms with Crippen LogP contribution >= 0.6 is 11.6 Å². The number of fused-ring (bicyclic) bond motifs is 1. The fourth-order valence-electron chi connectivity index (χ4n) is 4.18. The minimum absolute atomic E-state index is 0.159. The first-order valence-electron chi connectivity index (χ1n) is 10.5. The van der Waals surface area contributed by atoms with Crippen LogP contribution in [0.15, 0.2) is 93.0 Å². The van der Waals surface area contributed by atoms with E-state index in [1.54, 1.807) is 29.4 Å². The van der Waals surface area contributed by atoms with Gasteiger partial charge < -0.3 is 4.42 Å². The fourth-order valence-corrected chi connectivity index (χ4v) is 4.41. The van der Waals surface area contributed by atoms with Crippen molar-refractivity contribution in [3.63, 3.8) is 0 Å². The molecular weight excluding hydrogens is 440 g/mol. The number of aliphatic imine (C=N–C) groups is 1. The molecule has 5 rings (SSSR count). The highest BCUT2D eigenvalue weighted by atomic mass is 35.5. The monoisotopic (exact) mass is 459 g/mol. The molecule has 3 heterocycles. The second-order valence-electron chi connectivity index (χ2n) is 7.93. The van der Waals surface area contributed by atoms with Crippen LogP contribution < -0.4 is 0 Å². The molecule has 2 aliphatic rings. The molecule has 1 amide bonds. The van der Waals surface area contributed by atoms with E-state index < -0.39 is 0 Å². The highest BCUT2D eigenvalue weighted by molar-refractivity contribution is 6.42. The summed E-state index contributed by atoms with van der Waals surface area (Å²) in [5.74, 6) is 1.15. The maximum Gasteiger partial charge on any atom is 0.275 e. The molecule has 8 heteroatoms. The van der Waals surface area contributed by atoms with E-state index in [0.717, 1.165) is 22.5 Å². The summed E-state index contributed by atoms with van der Waals surface area (Å²) >= 11 is 6.25. The van der Waals surface area contributed by atoms with Crippen molar-refractivity contribution in [2.24, 2.45) is 10.2 Å². The van der Waals surface area contributed by atoms with Crippen molar-refractivity contribution >= 4 is 34.6 Å². The summed E-state index contributed by atoms with van der Waals surface area (Å²) in [6.07, 6.45) is 2.48. The van der Waals surface area contributed by atoms with Crippen LogP contribution in [0.5, 0.6) is 0 Å². The SMILES string of the molecule is C[N+]1=C(c2cc(Cl)cc(N=O)c2)CN2C(=O)C(Cc3ccco3)=NC2=C1Cc1ccccc1. The molecule has 0 aliphatic carbocycles. The lowest BCUT2D eigenvalue weighted by molar-refractivity contribution is -0.451. The van der Waals surface area contributed by atoms with Crippen LogP contribution in [0.1, 0.15) is 16.9 Å². The van der Waals surface area contributed by atoms with Crippen LogP contribution in [-0.4, -0.2) is 40.4 Å². The standard InChI is InChI=1S/C25H20ClN4O3/c1-29-22(10-16-6-3-2-4-7-16)24-27-21(14-20-8-5-9-33-20)25(31)30(24)15-23(29)17-11-18(26)13-19(12-17)28-32/h2-9,11-13H,10,14-15H2,1H3/q+1. The van der Waals surface area contributed by atoms with Crippen molar-refractivity contribution in [1.29, 1.82) is 0 Å². The van der Waals surface area contributed by atoms with E-state index in [-0.39, 0.29) is 11.6 Å². The molecule has 2 aliphatic heterocycles. The van der Waals surface area contributed by atoms with Gasteiger partial charge in [-0.25, -0.2) is 4.99 Å². The minimum atomic E-state index is -0.159. The Balaban J connectivity index is 1.63. The predicted molar refractivity (Wildman–Crippen MR) is 126 cm³/mol. The number of likely N-dealkylation sites (N-methyl/N-ethyl adjacent to an activating group) is 1. The topological polar surface area (TPSA) is 78.2 Å². The van der Waals surface area contributed by atoms with E-state index in [0.29, 0.717) is 41.7 Å². The second kappa shape index (κ2) is 8.60. The van der Waals surface area contributed by atoms with Gasteiger partial charge in [-0.05, 0) is 41.1 Å². The van der Waals surface area contributed by atoms with Crippen molar-refractivity contribution in [3.05, 3.63) is 105 Å². The number of halogens is 1. The Bertz CT molecular complexity index is 1340. The maximum atomic E-state index is 13.3. The molecule has 0 saturated heterocycles. The highest BCUT2D eigenvalue weighted by Crippen LogP contribution is 2.30. The minimum Gasteiger partial charge on any atom is -0.469 e. The van der Waals surface area contributed by atoms with E-state index in [9.17, 15) is 9.70 Å². The molecule has 3 aromatic rings. The number of hydrogen-bond donors (Lipinski definition) is 0. The summed E-state index contributed by atoms with van der Waals surface area (Å²) in [7, 11) is 1.94. The lowest BCUT2D eigenvalue weighted by Crippen LogP contribution is -2.42. The van der Waals surface area contributed by atoms with Crippen LogP contribution in [0.4, 0.5) is 5.69 Å². The van der Waals surface area contributed by atoms with Crippen molar-refractivity contribution in [2.45, 2.75) is 12.8 Å². The first-order valence-corrected chi connectivity index (χ1v) is 10.8. The van der Waals surface area contributed by atoms with Gasteiger partial charge in [0.2, 0.25) is 17.2 Å². The van der Waals surface area contributed by atoms with Gasteiger partial charge in [-0.15, -0.1) is 4.91 Å². The first kappa shape index (κ1) is 21.0. The van der Waals surface area contributed by atoms with Gasteiger partial charge in [0.1, 0.15) is 30.8 Å². The Kier molecular flexibility index (Phi) is 5.48. The Hall–Kier alpha value is -3.84. The van der Waals surface area contributed by atoms with Gasteiger partial charge in [-0.1, -0.05) is 41.9 Å². The molecule has 0 atom stereocenters. The van der Waals surface area contributed by atoms with Gasteiger partial charge in [0.05, 0.1) is 19.1 Å². The molecule has 2 aromatic carbocycles. The summed E-state index contributed by atoms with van der Waals surface area (Å²) in [6, 6.07) is 18.6. The van der Waals surface area contributed by atoms with Crippen molar-refractivity contribution in [1.82, 2.24) is 4.90 Å². The van der Waals surface area contributed by atoms with Crippen LogP contribution in [0.2, 0.25) is 5.02 Å². The van der Waals surface area contributed by atoms with E-state index >= 15 is 0 Å². The number of hydrogen-bond acceptors (Lipinski definition) is 5. The molecule has 0 N–H and O–H groups in total. The van der Waals surface area contributed by atoms with Gasteiger partial charge >= 0.3 is 0 Å². The smallest absolute Gasteiger partial charge is 0.275 e. The zero-order valence-corrected chi connectivity index (χ0v) is 18.6. The molecule has 0 spiro atoms. The molecular formula is C25H20ClN4O3+. The van der Waals surface area contributed by atoms with E-state index in [4.69, 9.17) is 21.0 Å². The normalized spacial score (nSPS) is 15.8. The quantitative estimate of drug-likeness (QED) is 0.395. The fraction of sp³-hybridized carbons (Fsp3) is 0.160. The third-order valence-corrected chi connectivity index (χ3v) is 6.04. The maximum absolute atomic E-state index is 13.3. The van der Waals surface area contributed by atoms with Gasteiger partial charge in [0.15, 0.2) is 0 Å². The first-order chi connectivity index (χ1) is 16.0. The number of carbonyl (C=O) groups is 1. The Morgan fingerprint density at radius 1 is 1.12 bits per heavy atom. The number of nitrogens with zero attached hydrogens (tertiary/aromatic N) is 4. The van der Waals surface area contributed by atoms with Crippen LogP contribution in [0.25, 0.3) is 0 Å². The molecule has 0 unspecified atom stereocenters. The zero-order chi connectivity index (χ0) is 22.9. The van der Waals surface area contributed by atoms with E-state index in [2.05, 4.69) is 5.18 Å². The summed E-state index contributed by atoms with van der Waals surface area (Å²) in [4.78, 5) is 30.9. The third-order valence-electron chi connectivity index (χ3n) is 5.82. The summed E-state index contributed by atoms with van der Waals surface area (Å²) in [5, 5.41) is 3.45. The number of amides is 1. The molecule has 33 heavy (non-hydrogen) atoms. The molecule has 0 fully saturated rings. The van der Waals surface area contributed by atoms with E-state index in [1.165, 1.54) is 6.07 Å². The number of carbonyl (C=O) groups excluding carboxylic acids is 1. The van der Waals surface area contributed by atoms with Gasteiger partial charge in [-0.2, -0.15) is 4.58 Å². The number of allylic oxidation sites excluding steroid dienone is 1. The lowest BCUT2D eigenvalue weighted by Gasteiger charge is -2.24. The van der Waals surface area contributed by atoms with Crippen LogP contribution in [0, 0.1) is 4.91 Å². The van der Waals surface area contributed by atoms with Crippen molar-refractivity contribution < 1.29 is 13.8 Å². The number of nitroso groups, excluding NO2 is 1. The molecule has 0 saturated carbocycles. The van der Waals surface area contributed by atoms with Gasteiger partial charge in [0, 0.05) is 10.6 Å². The Labute approximate surface area is 195 Å². The van der Waals surface area contributed by atoms with Crippen molar-refractivity contribution in [3.8, 4) is 0 Å². The molecule has 7 nitrogen and oxygen atoms in total. The summed E-state index contributed by atoms with van der Waals surface area (Å²) in [5.41, 5.74) is 4.21. The second-order valence-corrected chi connectivity index (χ2v) is 8.37. The molecule has 0 radical (unpaired) electrons. The molecule has 1 aromatic heterocycles. The lowest BCUT2D eigenvalue weighted by atomic mass is 10.0. The average Bonchev–Trinajstić information content (AvgIpc) is 3.44. The van der Waals surface area contributed by atoms with Gasteiger partial charge in [0.25, 0.3) is 5.91 Å². The number of benzene rings is 2. The highest BCUT2D eigenvalue weighted by Gasteiger charge is 2.42. The molecule has 0 bridgehead atoms. The zero-order valence-electron chi connectivity index (χ0n) is 17.9. The summed E-state index contributed by atoms with van der Waals surface area (Å²) in [6.45, 7) is 0.298. The third kappa shape index (κ3) is 4.03. The predicted octanol–water partition coefficient (Wildman–Crippen LogP) is 4.71. The largest absolute Gasteiger partial charge is 0.469 e. The Morgan fingerprint density at radius 2 is 1.94 bits per heavy atom. The number of rotatable bonds is 6. The van der Waals surface area contributed by atoms with Crippen LogP contribution in [-0.2, 0) is 17.6 Å². The average molecular weight is 460 g/mol. The van der Waals surface area contributed by atoms with Gasteiger partial charge in [-0.3, -0.25) is 9.69 Å². The number of furan rings is 1. The Morgan fingerprint density at radius 3 is 2.67 bits per heavy atom. The van der Waals surface area contributed by atoms with E-state index in [1.807, 2.05) is 48.0 Å². The summed E-state index contributed by atoms with van der Waals surface area (Å²) < 4.78 is 7.47. The van der Waals surface area contributed by atoms with Crippen molar-refractivity contribution in [2.75, 3.05) is 13.6 Å².